The van der Waals surface area contributed by atoms with E-state index in [0.717, 1.165) is 22.3 Å². The minimum absolute atomic E-state index is 0.0794. The zero-order valence-electron chi connectivity index (χ0n) is 20.3. The Morgan fingerprint density at radius 2 is 1.60 bits per heavy atom. The van der Waals surface area contributed by atoms with Gasteiger partial charge < -0.3 is 30.1 Å². The third-order valence-corrected chi connectivity index (χ3v) is 6.08. The van der Waals surface area contributed by atoms with Gasteiger partial charge in [0.15, 0.2) is 6.10 Å². The summed E-state index contributed by atoms with van der Waals surface area (Å²) >= 11 is 0. The number of nitrogens with zero attached hydrogens (tertiary/aromatic N) is 1. The van der Waals surface area contributed by atoms with Crippen molar-refractivity contribution in [2.75, 3.05) is 40.9 Å². The lowest BCUT2D eigenvalue weighted by Crippen LogP contribution is -2.48. The van der Waals surface area contributed by atoms with E-state index in [1.165, 1.54) is 7.11 Å². The van der Waals surface area contributed by atoms with Gasteiger partial charge in [-0.25, -0.2) is 9.59 Å². The first-order chi connectivity index (χ1) is 16.8. The Kier molecular flexibility index (Phi) is 9.22. The van der Waals surface area contributed by atoms with Gasteiger partial charge in [0.25, 0.3) is 0 Å². The quantitative estimate of drug-likeness (QED) is 0.425. The molecule has 188 valence electrons. The second-order valence-corrected chi connectivity index (χ2v) is 8.76. The highest BCUT2D eigenvalue weighted by atomic mass is 16.5. The topological polar surface area (TPSA) is 117 Å². The molecule has 9 nitrogen and oxygen atoms in total. The first-order valence-electron chi connectivity index (χ1n) is 11.6. The number of benzene rings is 2. The second kappa shape index (κ2) is 12.3. The van der Waals surface area contributed by atoms with E-state index >= 15 is 0 Å². The van der Waals surface area contributed by atoms with Gasteiger partial charge in [-0.1, -0.05) is 48.5 Å². The van der Waals surface area contributed by atoms with Crippen molar-refractivity contribution in [1.29, 1.82) is 0 Å². The molecular weight excluding hydrogens is 450 g/mol. The SMILES string of the molecule is COC(CCNC(=O)C(CCN(C)C)NC(=O)OCC1c2ccccc2-c2ccccc21)C(=O)O. The maximum atomic E-state index is 12.7. The summed E-state index contributed by atoms with van der Waals surface area (Å²) in [6.45, 7) is 0.821. The van der Waals surface area contributed by atoms with Crippen LogP contribution in [0.3, 0.4) is 0 Å². The Bertz CT molecular complexity index is 996. The molecule has 0 aliphatic heterocycles. The fourth-order valence-corrected chi connectivity index (χ4v) is 4.23. The van der Waals surface area contributed by atoms with Crippen LogP contribution in [0.25, 0.3) is 11.1 Å². The number of carbonyl (C=O) groups excluding carboxylic acids is 2. The summed E-state index contributed by atoms with van der Waals surface area (Å²) in [5.41, 5.74) is 4.48. The highest BCUT2D eigenvalue weighted by molar-refractivity contribution is 5.86. The van der Waals surface area contributed by atoms with Gasteiger partial charge in [-0.3, -0.25) is 4.79 Å². The fraction of sp³-hybridized carbons (Fsp3) is 0.423. The summed E-state index contributed by atoms with van der Waals surface area (Å²) in [6.07, 6.45) is -1.20. The molecule has 0 aromatic heterocycles. The van der Waals surface area contributed by atoms with Crippen molar-refractivity contribution in [3.05, 3.63) is 59.7 Å². The first-order valence-corrected chi connectivity index (χ1v) is 11.6. The number of ether oxygens (including phenoxy) is 2. The molecule has 2 atom stereocenters. The van der Waals surface area contributed by atoms with Gasteiger partial charge in [-0.2, -0.15) is 0 Å². The van der Waals surface area contributed by atoms with Gasteiger partial charge in [0.2, 0.25) is 5.91 Å². The third-order valence-electron chi connectivity index (χ3n) is 6.08. The number of hydrogen-bond acceptors (Lipinski definition) is 6. The number of amides is 2. The Morgan fingerprint density at radius 3 is 2.14 bits per heavy atom. The molecule has 35 heavy (non-hydrogen) atoms. The van der Waals surface area contributed by atoms with Gasteiger partial charge in [0.05, 0.1) is 0 Å². The van der Waals surface area contributed by atoms with Crippen LogP contribution in [0.1, 0.15) is 29.9 Å². The van der Waals surface area contributed by atoms with E-state index in [9.17, 15) is 14.4 Å². The maximum Gasteiger partial charge on any atom is 0.407 e. The molecule has 3 N–H and O–H groups in total. The molecule has 0 saturated carbocycles. The predicted octanol–water partition coefficient (Wildman–Crippen LogP) is 2.45. The molecule has 0 fully saturated rings. The lowest BCUT2D eigenvalue weighted by atomic mass is 9.98. The van der Waals surface area contributed by atoms with Crippen LogP contribution in [-0.2, 0) is 19.1 Å². The van der Waals surface area contributed by atoms with Crippen molar-refractivity contribution in [3.63, 3.8) is 0 Å². The van der Waals surface area contributed by atoms with E-state index < -0.39 is 30.1 Å². The van der Waals surface area contributed by atoms with Crippen molar-refractivity contribution < 1.29 is 29.0 Å². The number of carboxylic acid groups (broad SMARTS) is 1. The van der Waals surface area contributed by atoms with E-state index in [4.69, 9.17) is 14.6 Å². The van der Waals surface area contributed by atoms with E-state index in [1.807, 2.05) is 55.4 Å². The number of alkyl carbamates (subject to hydrolysis) is 1. The molecule has 0 radical (unpaired) electrons. The van der Waals surface area contributed by atoms with Crippen LogP contribution >= 0.6 is 0 Å². The van der Waals surface area contributed by atoms with Crippen molar-refractivity contribution in [3.8, 4) is 11.1 Å². The molecule has 0 heterocycles. The number of rotatable bonds is 12. The number of carboxylic acids is 1. The molecule has 2 aromatic rings. The number of carbonyl (C=O) groups is 3. The number of methoxy groups -OCH3 is 1. The Balaban J connectivity index is 1.59. The summed E-state index contributed by atoms with van der Waals surface area (Å²) in [5.74, 6) is -1.58. The molecule has 2 amide bonds. The Labute approximate surface area is 205 Å². The molecule has 2 unspecified atom stereocenters. The van der Waals surface area contributed by atoms with Crippen LogP contribution in [0, 0.1) is 0 Å². The lowest BCUT2D eigenvalue weighted by molar-refractivity contribution is -0.149. The van der Waals surface area contributed by atoms with Crippen LogP contribution in [0.5, 0.6) is 0 Å². The average molecular weight is 484 g/mol. The van der Waals surface area contributed by atoms with Crippen molar-refractivity contribution in [1.82, 2.24) is 15.5 Å². The van der Waals surface area contributed by atoms with Gasteiger partial charge in [-0.05, 0) is 49.3 Å². The zero-order valence-corrected chi connectivity index (χ0v) is 20.3. The van der Waals surface area contributed by atoms with Crippen LogP contribution in [0.4, 0.5) is 4.79 Å². The first kappa shape index (κ1) is 26.2. The van der Waals surface area contributed by atoms with E-state index in [-0.39, 0.29) is 25.5 Å². The highest BCUT2D eigenvalue weighted by Crippen LogP contribution is 2.44. The van der Waals surface area contributed by atoms with Gasteiger partial charge in [-0.15, -0.1) is 0 Å². The van der Waals surface area contributed by atoms with Gasteiger partial charge in [0.1, 0.15) is 12.6 Å². The van der Waals surface area contributed by atoms with E-state index in [1.54, 1.807) is 0 Å². The van der Waals surface area contributed by atoms with E-state index in [0.29, 0.717) is 13.0 Å². The molecule has 1 aliphatic rings. The Morgan fingerprint density at radius 1 is 1.00 bits per heavy atom. The molecular formula is C26H33N3O6. The van der Waals surface area contributed by atoms with Crippen molar-refractivity contribution in [2.24, 2.45) is 0 Å². The van der Waals surface area contributed by atoms with Crippen molar-refractivity contribution in [2.45, 2.75) is 30.9 Å². The number of hydrogen-bond donors (Lipinski definition) is 3. The molecule has 0 spiro atoms. The maximum absolute atomic E-state index is 12.7. The van der Waals surface area contributed by atoms with Crippen LogP contribution < -0.4 is 10.6 Å². The standard InChI is InChI=1S/C26H33N3O6/c1-29(2)15-13-22(24(30)27-14-12-23(34-3)25(31)32)28-26(33)35-16-21-19-10-6-4-8-17(19)18-9-5-7-11-20(18)21/h4-11,21-23H,12-16H2,1-3H3,(H,27,30)(H,28,33)(H,31,32). The number of fused-ring (bicyclic) bond motifs is 3. The van der Waals surface area contributed by atoms with Crippen LogP contribution in [0.15, 0.2) is 48.5 Å². The summed E-state index contributed by atoms with van der Waals surface area (Å²) < 4.78 is 10.5. The lowest BCUT2D eigenvalue weighted by Gasteiger charge is -2.21. The summed E-state index contributed by atoms with van der Waals surface area (Å²) in [4.78, 5) is 38.4. The third kappa shape index (κ3) is 6.80. The molecule has 2 aromatic carbocycles. The average Bonchev–Trinajstić information content (AvgIpc) is 3.16. The number of aliphatic carboxylic acids is 1. The predicted molar refractivity (Wildman–Crippen MR) is 131 cm³/mol. The minimum Gasteiger partial charge on any atom is -0.479 e. The van der Waals surface area contributed by atoms with Crippen LogP contribution in [0.2, 0.25) is 0 Å². The van der Waals surface area contributed by atoms with E-state index in [2.05, 4.69) is 22.8 Å². The molecule has 0 saturated heterocycles. The normalized spacial score (nSPS) is 14.1. The summed E-state index contributed by atoms with van der Waals surface area (Å²) in [5, 5.41) is 14.4. The van der Waals surface area contributed by atoms with Crippen molar-refractivity contribution >= 4 is 18.0 Å². The zero-order chi connectivity index (χ0) is 25.4. The summed E-state index contributed by atoms with van der Waals surface area (Å²) in [6, 6.07) is 15.3. The van der Waals surface area contributed by atoms with Crippen LogP contribution in [-0.4, -0.2) is 81.0 Å². The van der Waals surface area contributed by atoms with Gasteiger partial charge in [0, 0.05) is 26.0 Å². The monoisotopic (exact) mass is 483 g/mol. The Hall–Kier alpha value is -3.43. The molecule has 3 rings (SSSR count). The summed E-state index contributed by atoms with van der Waals surface area (Å²) in [7, 11) is 5.05. The minimum atomic E-state index is -1.09. The number of nitrogens with one attached hydrogen (secondary N) is 2. The smallest absolute Gasteiger partial charge is 0.407 e. The highest BCUT2D eigenvalue weighted by Gasteiger charge is 2.30. The van der Waals surface area contributed by atoms with Gasteiger partial charge >= 0.3 is 12.1 Å². The fourth-order valence-electron chi connectivity index (χ4n) is 4.23. The molecule has 0 bridgehead atoms. The second-order valence-electron chi connectivity index (χ2n) is 8.76. The molecule has 9 heteroatoms. The largest absolute Gasteiger partial charge is 0.479 e. The molecule has 1 aliphatic carbocycles.